The van der Waals surface area contributed by atoms with Gasteiger partial charge in [-0.1, -0.05) is 59.2 Å². The molecule has 0 radical (unpaired) electrons. The van der Waals surface area contributed by atoms with E-state index in [4.69, 9.17) is 0 Å². The average molecular weight is 308 g/mol. The van der Waals surface area contributed by atoms with Crippen LogP contribution in [0.5, 0.6) is 0 Å². The van der Waals surface area contributed by atoms with Crippen LogP contribution in [0.15, 0.2) is 42.5 Å². The molecule has 3 rings (SSSR count). The first-order chi connectivity index (χ1) is 11.1. The number of benzene rings is 2. The molecule has 2 nitrogen and oxygen atoms in total. The lowest BCUT2D eigenvalue weighted by molar-refractivity contribution is 0.241. The Kier molecular flexibility index (Phi) is 5.14. The van der Waals surface area contributed by atoms with Crippen LogP contribution in [0.2, 0.25) is 0 Å². The van der Waals surface area contributed by atoms with Crippen molar-refractivity contribution in [2.45, 2.75) is 33.2 Å². The Morgan fingerprint density at radius 1 is 0.783 bits per heavy atom. The van der Waals surface area contributed by atoms with Gasteiger partial charge in [0.25, 0.3) is 0 Å². The molecule has 0 bridgehead atoms. The van der Waals surface area contributed by atoms with E-state index in [1.165, 1.54) is 34.2 Å². The Bertz CT molecular complexity index is 617. The molecule has 0 amide bonds. The smallest absolute Gasteiger partial charge is 0.0602 e. The number of rotatable bonds is 3. The van der Waals surface area contributed by atoms with Crippen LogP contribution in [0, 0.1) is 20.8 Å². The SMILES string of the molecule is Cc1ccc(C(c2cc(C)cc(C)c2)N2CCCNCC2)cc1. The summed E-state index contributed by atoms with van der Waals surface area (Å²) in [5.41, 5.74) is 6.86. The molecule has 1 fully saturated rings. The third kappa shape index (κ3) is 4.01. The molecule has 1 heterocycles. The summed E-state index contributed by atoms with van der Waals surface area (Å²) in [5.74, 6) is 0. The van der Waals surface area contributed by atoms with E-state index < -0.39 is 0 Å². The first kappa shape index (κ1) is 16.2. The summed E-state index contributed by atoms with van der Waals surface area (Å²) < 4.78 is 0. The first-order valence-corrected chi connectivity index (χ1v) is 8.73. The van der Waals surface area contributed by atoms with Gasteiger partial charge < -0.3 is 5.32 Å². The first-order valence-electron chi connectivity index (χ1n) is 8.73. The van der Waals surface area contributed by atoms with Gasteiger partial charge in [0.15, 0.2) is 0 Å². The van der Waals surface area contributed by atoms with Crippen LogP contribution in [0.4, 0.5) is 0 Å². The van der Waals surface area contributed by atoms with Crippen LogP contribution in [0.1, 0.15) is 40.3 Å². The second-order valence-electron chi connectivity index (χ2n) is 6.87. The predicted octanol–water partition coefficient (Wildman–Crippen LogP) is 4.00. The molecule has 0 spiro atoms. The predicted molar refractivity (Wildman–Crippen MR) is 98.0 cm³/mol. The summed E-state index contributed by atoms with van der Waals surface area (Å²) in [6, 6.07) is 16.4. The molecule has 1 saturated heterocycles. The van der Waals surface area contributed by atoms with Crippen molar-refractivity contribution >= 4 is 0 Å². The van der Waals surface area contributed by atoms with E-state index in [1.54, 1.807) is 0 Å². The number of nitrogens with one attached hydrogen (secondary N) is 1. The van der Waals surface area contributed by atoms with Crippen LogP contribution in [-0.2, 0) is 0 Å². The van der Waals surface area contributed by atoms with Gasteiger partial charge in [0.1, 0.15) is 0 Å². The van der Waals surface area contributed by atoms with Crippen LogP contribution >= 0.6 is 0 Å². The van der Waals surface area contributed by atoms with E-state index in [0.717, 1.165) is 26.2 Å². The second-order valence-corrected chi connectivity index (χ2v) is 6.87. The Labute approximate surface area is 140 Å². The van der Waals surface area contributed by atoms with Gasteiger partial charge in [-0.2, -0.15) is 0 Å². The van der Waals surface area contributed by atoms with Gasteiger partial charge in [0.2, 0.25) is 0 Å². The van der Waals surface area contributed by atoms with E-state index in [0.29, 0.717) is 6.04 Å². The number of aryl methyl sites for hydroxylation is 3. The Balaban J connectivity index is 2.02. The molecule has 0 aliphatic carbocycles. The summed E-state index contributed by atoms with van der Waals surface area (Å²) in [6.45, 7) is 11.0. The van der Waals surface area contributed by atoms with E-state index in [-0.39, 0.29) is 0 Å². The fraction of sp³-hybridized carbons (Fsp3) is 0.429. The fourth-order valence-electron chi connectivity index (χ4n) is 3.66. The molecule has 0 saturated carbocycles. The third-order valence-electron chi connectivity index (χ3n) is 4.69. The molecule has 122 valence electrons. The summed E-state index contributed by atoms with van der Waals surface area (Å²) in [4.78, 5) is 2.64. The zero-order valence-electron chi connectivity index (χ0n) is 14.6. The molecule has 1 N–H and O–H groups in total. The maximum atomic E-state index is 3.53. The highest BCUT2D eigenvalue weighted by Gasteiger charge is 2.23. The molecule has 0 aromatic heterocycles. The van der Waals surface area contributed by atoms with Crippen LogP contribution < -0.4 is 5.32 Å². The number of hydrogen-bond acceptors (Lipinski definition) is 2. The Morgan fingerprint density at radius 3 is 2.17 bits per heavy atom. The van der Waals surface area contributed by atoms with Gasteiger partial charge in [-0.15, -0.1) is 0 Å². The van der Waals surface area contributed by atoms with Gasteiger partial charge in [0, 0.05) is 19.6 Å². The normalized spacial score (nSPS) is 17.7. The molecular weight excluding hydrogens is 280 g/mol. The maximum Gasteiger partial charge on any atom is 0.0602 e. The van der Waals surface area contributed by atoms with Crippen LogP contribution in [0.25, 0.3) is 0 Å². The summed E-state index contributed by atoms with van der Waals surface area (Å²) in [7, 11) is 0. The molecular formula is C21H28N2. The van der Waals surface area contributed by atoms with E-state index in [2.05, 4.69) is 73.5 Å². The average Bonchev–Trinajstić information content (AvgIpc) is 2.78. The fourth-order valence-corrected chi connectivity index (χ4v) is 3.66. The molecule has 1 aliphatic rings. The molecule has 1 unspecified atom stereocenters. The summed E-state index contributed by atoms with van der Waals surface area (Å²) in [6.07, 6.45) is 1.22. The van der Waals surface area contributed by atoms with Gasteiger partial charge >= 0.3 is 0 Å². The topological polar surface area (TPSA) is 15.3 Å². The lowest BCUT2D eigenvalue weighted by Crippen LogP contribution is -2.33. The second kappa shape index (κ2) is 7.29. The number of nitrogens with zero attached hydrogens (tertiary/aromatic N) is 1. The van der Waals surface area contributed by atoms with Crippen molar-refractivity contribution in [2.24, 2.45) is 0 Å². The van der Waals surface area contributed by atoms with E-state index >= 15 is 0 Å². The zero-order chi connectivity index (χ0) is 16.2. The minimum Gasteiger partial charge on any atom is -0.315 e. The minimum atomic E-state index is 0.356. The zero-order valence-corrected chi connectivity index (χ0v) is 14.6. The third-order valence-corrected chi connectivity index (χ3v) is 4.69. The Morgan fingerprint density at radius 2 is 1.48 bits per heavy atom. The van der Waals surface area contributed by atoms with Crippen molar-refractivity contribution in [2.75, 3.05) is 26.2 Å². The van der Waals surface area contributed by atoms with Crippen molar-refractivity contribution < 1.29 is 0 Å². The van der Waals surface area contributed by atoms with Crippen molar-refractivity contribution in [1.29, 1.82) is 0 Å². The minimum absolute atomic E-state index is 0.356. The molecule has 2 heteroatoms. The van der Waals surface area contributed by atoms with Gasteiger partial charge in [0.05, 0.1) is 6.04 Å². The highest BCUT2D eigenvalue weighted by molar-refractivity contribution is 5.38. The molecule has 2 aromatic carbocycles. The molecule has 1 aliphatic heterocycles. The van der Waals surface area contributed by atoms with Crippen molar-refractivity contribution in [3.63, 3.8) is 0 Å². The highest BCUT2D eigenvalue weighted by atomic mass is 15.2. The molecule has 1 atom stereocenters. The number of hydrogen-bond donors (Lipinski definition) is 1. The lowest BCUT2D eigenvalue weighted by Gasteiger charge is -2.32. The quantitative estimate of drug-likeness (QED) is 0.922. The molecule has 23 heavy (non-hydrogen) atoms. The van der Waals surface area contributed by atoms with E-state index in [9.17, 15) is 0 Å². The largest absolute Gasteiger partial charge is 0.315 e. The monoisotopic (exact) mass is 308 g/mol. The summed E-state index contributed by atoms with van der Waals surface area (Å²) in [5, 5.41) is 3.53. The molecule has 2 aromatic rings. The van der Waals surface area contributed by atoms with Crippen LogP contribution in [0.3, 0.4) is 0 Å². The van der Waals surface area contributed by atoms with Gasteiger partial charge in [-0.25, -0.2) is 0 Å². The van der Waals surface area contributed by atoms with Crippen LogP contribution in [-0.4, -0.2) is 31.1 Å². The maximum absolute atomic E-state index is 3.53. The van der Waals surface area contributed by atoms with Crippen molar-refractivity contribution in [1.82, 2.24) is 10.2 Å². The van der Waals surface area contributed by atoms with E-state index in [1.807, 2.05) is 0 Å². The van der Waals surface area contributed by atoms with Gasteiger partial charge in [-0.3, -0.25) is 4.90 Å². The van der Waals surface area contributed by atoms with Crippen molar-refractivity contribution in [3.05, 3.63) is 70.3 Å². The highest BCUT2D eigenvalue weighted by Crippen LogP contribution is 2.30. The standard InChI is InChI=1S/C21H28N2/c1-16-5-7-19(8-6-16)21(23-11-4-9-22-10-12-23)20-14-17(2)13-18(3)15-20/h5-8,13-15,21-22H,4,9-12H2,1-3H3. The lowest BCUT2D eigenvalue weighted by atomic mass is 9.93. The van der Waals surface area contributed by atoms with Crippen molar-refractivity contribution in [3.8, 4) is 0 Å². The van der Waals surface area contributed by atoms with Gasteiger partial charge in [-0.05, 0) is 44.9 Å². The Hall–Kier alpha value is -1.64. The summed E-state index contributed by atoms with van der Waals surface area (Å²) >= 11 is 0.